The maximum Gasteiger partial charge on any atom is 0.178 e. The summed E-state index contributed by atoms with van der Waals surface area (Å²) in [6, 6.07) is 4.55. The number of hydrogen-bond acceptors (Lipinski definition) is 5. The molecule has 0 saturated carbocycles. The minimum absolute atomic E-state index is 0.411. The Morgan fingerprint density at radius 2 is 2.37 bits per heavy atom. The predicted octanol–water partition coefficient (Wildman–Crippen LogP) is 3.54. The molecule has 2 atom stereocenters. The highest BCUT2D eigenvalue weighted by Crippen LogP contribution is 2.55. The van der Waals surface area contributed by atoms with Gasteiger partial charge in [-0.05, 0) is 17.2 Å². The van der Waals surface area contributed by atoms with E-state index in [2.05, 4.69) is 36.0 Å². The zero-order valence-corrected chi connectivity index (χ0v) is 12.4. The van der Waals surface area contributed by atoms with E-state index in [4.69, 9.17) is 0 Å². The largest absolute Gasteiger partial charge is 0.340 e. The third-order valence-electron chi connectivity index (χ3n) is 2.67. The molecule has 0 spiro atoms. The molecule has 2 heterocycles. The van der Waals surface area contributed by atoms with Crippen LogP contribution < -0.4 is 0 Å². The molecule has 2 rings (SSSR count). The number of imidazole rings is 1. The summed E-state index contributed by atoms with van der Waals surface area (Å²) in [5, 5.41) is 19.5. The quantitative estimate of drug-likeness (QED) is 0.917. The highest BCUT2D eigenvalue weighted by atomic mass is 32.2. The second-order valence-corrected chi connectivity index (χ2v) is 7.58. The van der Waals surface area contributed by atoms with Crippen LogP contribution in [0.2, 0.25) is 0 Å². The van der Waals surface area contributed by atoms with Gasteiger partial charge >= 0.3 is 0 Å². The van der Waals surface area contributed by atoms with Crippen LogP contribution in [0.15, 0.2) is 28.5 Å². The lowest BCUT2D eigenvalue weighted by Crippen LogP contribution is -2.23. The number of nitrogens with one attached hydrogen (secondary N) is 1. The van der Waals surface area contributed by atoms with Crippen molar-refractivity contribution in [2.45, 2.75) is 29.5 Å². The smallest absolute Gasteiger partial charge is 0.178 e. The van der Waals surface area contributed by atoms with Gasteiger partial charge in [-0.3, -0.25) is 0 Å². The third-order valence-corrected chi connectivity index (χ3v) is 5.45. The van der Waals surface area contributed by atoms with Crippen LogP contribution in [0.4, 0.5) is 0 Å². The van der Waals surface area contributed by atoms with Crippen LogP contribution in [0.5, 0.6) is 0 Å². The molecule has 1 aliphatic rings. The first-order valence-corrected chi connectivity index (χ1v) is 7.62. The van der Waals surface area contributed by atoms with Crippen LogP contribution in [-0.2, 0) is 0 Å². The Morgan fingerprint density at radius 3 is 2.89 bits per heavy atom. The average Bonchev–Trinajstić information content (AvgIpc) is 2.97. The summed E-state index contributed by atoms with van der Waals surface area (Å²) in [7, 11) is 0. The van der Waals surface area contributed by atoms with Crippen molar-refractivity contribution in [1.82, 2.24) is 9.97 Å². The van der Waals surface area contributed by atoms with E-state index in [9.17, 15) is 10.5 Å². The molecule has 98 valence electrons. The predicted molar refractivity (Wildman–Crippen MR) is 77.0 cm³/mol. The molecule has 0 aromatic carbocycles. The molecule has 6 heteroatoms. The molecule has 0 aliphatic carbocycles. The molecule has 0 fully saturated rings. The maximum atomic E-state index is 9.55. The average molecular weight is 290 g/mol. The van der Waals surface area contributed by atoms with E-state index in [1.165, 1.54) is 23.5 Å². The molecule has 2 unspecified atom stereocenters. The Labute approximate surface area is 121 Å². The van der Waals surface area contributed by atoms with Crippen LogP contribution >= 0.6 is 23.5 Å². The number of hydrogen-bond donors (Lipinski definition) is 1. The van der Waals surface area contributed by atoms with E-state index in [1.807, 2.05) is 6.08 Å². The molecule has 0 saturated heterocycles. The number of aromatic amines is 1. The van der Waals surface area contributed by atoms with Gasteiger partial charge in [-0.25, -0.2) is 4.98 Å². The number of nitrogens with zero attached hydrogens (tertiary/aromatic N) is 3. The summed E-state index contributed by atoms with van der Waals surface area (Å²) >= 11 is 2.83. The number of allylic oxidation sites excluding steroid dienone is 2. The third kappa shape index (κ3) is 2.97. The van der Waals surface area contributed by atoms with Gasteiger partial charge in [0.15, 0.2) is 9.24 Å². The Kier molecular flexibility index (Phi) is 4.24. The van der Waals surface area contributed by atoms with Crippen molar-refractivity contribution < 1.29 is 0 Å². The van der Waals surface area contributed by atoms with Gasteiger partial charge in [-0.2, -0.15) is 10.5 Å². The Bertz CT molecular complexity index is 550. The van der Waals surface area contributed by atoms with E-state index in [0.717, 1.165) is 11.3 Å². The van der Waals surface area contributed by atoms with Gasteiger partial charge in [0.2, 0.25) is 0 Å². The molecule has 1 aliphatic heterocycles. The summed E-state index contributed by atoms with van der Waals surface area (Å²) in [6.07, 6.45) is 6.21. The van der Waals surface area contributed by atoms with E-state index < -0.39 is 10.00 Å². The van der Waals surface area contributed by atoms with E-state index in [1.54, 1.807) is 12.4 Å². The van der Waals surface area contributed by atoms with Crippen molar-refractivity contribution in [1.29, 1.82) is 10.5 Å². The minimum atomic E-state index is -0.823. The van der Waals surface area contributed by atoms with Crippen molar-refractivity contribution >= 4 is 23.5 Å². The molecule has 0 radical (unpaired) electrons. The first kappa shape index (κ1) is 14.0. The summed E-state index contributed by atoms with van der Waals surface area (Å²) in [5.41, 5.74) is 0. The highest BCUT2D eigenvalue weighted by Gasteiger charge is 2.46. The Morgan fingerprint density at radius 1 is 1.58 bits per heavy atom. The zero-order chi connectivity index (χ0) is 13.9. The van der Waals surface area contributed by atoms with Gasteiger partial charge in [0.1, 0.15) is 5.92 Å². The van der Waals surface area contributed by atoms with E-state index in [-0.39, 0.29) is 0 Å². The summed E-state index contributed by atoms with van der Waals surface area (Å²) in [4.78, 5) is 8.24. The van der Waals surface area contributed by atoms with Crippen LogP contribution in [0.1, 0.15) is 20.3 Å². The van der Waals surface area contributed by atoms with Crippen LogP contribution in [0.3, 0.4) is 0 Å². The molecule has 4 nitrogen and oxygen atoms in total. The van der Waals surface area contributed by atoms with Crippen molar-refractivity contribution in [3.05, 3.63) is 23.4 Å². The van der Waals surface area contributed by atoms with Gasteiger partial charge in [0.05, 0.1) is 12.1 Å². The molecule has 0 amide bonds. The van der Waals surface area contributed by atoms with Gasteiger partial charge in [0.25, 0.3) is 0 Å². The summed E-state index contributed by atoms with van der Waals surface area (Å²) in [5.74, 6) is 0.104. The number of rotatable bonds is 4. The molecular weight excluding hydrogens is 276 g/mol. The minimum Gasteiger partial charge on any atom is -0.340 e. The number of nitriles is 2. The molecule has 19 heavy (non-hydrogen) atoms. The van der Waals surface area contributed by atoms with Crippen molar-refractivity contribution in [2.75, 3.05) is 0 Å². The van der Waals surface area contributed by atoms with Gasteiger partial charge in [-0.1, -0.05) is 43.4 Å². The summed E-state index contributed by atoms with van der Waals surface area (Å²) in [6.45, 7) is 4.27. The number of thioether (sulfide) groups is 2. The molecule has 1 N–H and O–H groups in total. The topological polar surface area (TPSA) is 76.3 Å². The zero-order valence-electron chi connectivity index (χ0n) is 10.8. The Hall–Kier alpha value is -1.37. The molecule has 0 bridgehead atoms. The molecule has 1 aromatic rings. The van der Waals surface area contributed by atoms with Gasteiger partial charge in [0, 0.05) is 12.4 Å². The number of aromatic nitrogens is 2. The second-order valence-electron chi connectivity index (χ2n) is 4.72. The Balaban J connectivity index is 2.22. The highest BCUT2D eigenvalue weighted by molar-refractivity contribution is 8.20. The van der Waals surface area contributed by atoms with Crippen molar-refractivity contribution in [2.24, 2.45) is 11.8 Å². The lowest BCUT2D eigenvalue weighted by atomic mass is 10.0. The fraction of sp³-hybridized carbons (Fsp3) is 0.462. The normalized spacial score (nSPS) is 25.9. The van der Waals surface area contributed by atoms with E-state index in [0.29, 0.717) is 11.1 Å². The monoisotopic (exact) mass is 290 g/mol. The SMILES string of the molecule is CC(C)CC1=CC(C#N)C(C#N)(Sc2ncc[nH]2)S1. The second kappa shape index (κ2) is 5.73. The first-order valence-electron chi connectivity index (χ1n) is 5.98. The summed E-state index contributed by atoms with van der Waals surface area (Å²) < 4.78 is -0.823. The van der Waals surface area contributed by atoms with Crippen LogP contribution in [0.25, 0.3) is 0 Å². The van der Waals surface area contributed by atoms with E-state index >= 15 is 0 Å². The van der Waals surface area contributed by atoms with Gasteiger partial charge < -0.3 is 4.98 Å². The first-order chi connectivity index (χ1) is 9.09. The van der Waals surface area contributed by atoms with Crippen LogP contribution in [0, 0.1) is 34.5 Å². The lowest BCUT2D eigenvalue weighted by Gasteiger charge is -2.21. The maximum absolute atomic E-state index is 9.55. The lowest BCUT2D eigenvalue weighted by molar-refractivity contribution is 0.657. The van der Waals surface area contributed by atoms with Crippen molar-refractivity contribution in [3.63, 3.8) is 0 Å². The number of H-pyrrole nitrogens is 1. The molecular formula is C13H14N4S2. The molecule has 1 aromatic heterocycles. The fourth-order valence-electron chi connectivity index (χ4n) is 1.87. The van der Waals surface area contributed by atoms with Gasteiger partial charge in [-0.15, -0.1) is 0 Å². The van der Waals surface area contributed by atoms with Crippen LogP contribution in [-0.4, -0.2) is 14.0 Å². The fourth-order valence-corrected chi connectivity index (χ4v) is 4.72. The standard InChI is InChI=1S/C13H14N4S2/c1-9(2)5-11-6-10(7-14)13(8-15,18-11)19-12-16-3-4-17-12/h3-4,6,9-10H,5H2,1-2H3,(H,16,17). The van der Waals surface area contributed by atoms with Crippen molar-refractivity contribution in [3.8, 4) is 12.1 Å².